The number of rotatable bonds is 5. The first-order valence-electron chi connectivity index (χ1n) is 15.3. The van der Waals surface area contributed by atoms with Gasteiger partial charge >= 0.3 is 0 Å². The van der Waals surface area contributed by atoms with Gasteiger partial charge in [-0.05, 0) is 95.8 Å². The Balaban J connectivity index is 1.24. The second-order valence-corrected chi connectivity index (χ2v) is 13.6. The maximum atomic E-state index is 13.5. The van der Waals surface area contributed by atoms with E-state index in [-0.39, 0.29) is 22.6 Å². The molecule has 3 nitrogen and oxygen atoms in total. The van der Waals surface area contributed by atoms with Crippen LogP contribution in [0.15, 0.2) is 108 Å². The minimum absolute atomic E-state index is 0.195. The van der Waals surface area contributed by atoms with Gasteiger partial charge in [0.2, 0.25) is 0 Å². The predicted molar refractivity (Wildman–Crippen MR) is 184 cm³/mol. The highest BCUT2D eigenvalue weighted by Gasteiger charge is 2.39. The summed E-state index contributed by atoms with van der Waals surface area (Å²) in [5.41, 5.74) is 7.21. The van der Waals surface area contributed by atoms with Crippen LogP contribution in [0.5, 0.6) is 0 Å². The molecule has 0 saturated heterocycles. The maximum absolute atomic E-state index is 13.5. The lowest BCUT2D eigenvalue weighted by molar-refractivity contribution is -0.115. The first-order valence-corrected chi connectivity index (χ1v) is 16.1. The monoisotopic (exact) mass is 593 g/mol. The van der Waals surface area contributed by atoms with Crippen LogP contribution in [0.4, 0.5) is 11.4 Å². The molecule has 44 heavy (non-hydrogen) atoms. The van der Waals surface area contributed by atoms with Gasteiger partial charge in [0.1, 0.15) is 0 Å². The normalized spacial score (nSPS) is 20.0. The molecule has 1 heterocycles. The number of allylic oxidation sites excluding steroid dienone is 4. The van der Waals surface area contributed by atoms with Gasteiger partial charge in [-0.2, -0.15) is 0 Å². The number of ketones is 2. The Morgan fingerprint density at radius 2 is 1.64 bits per heavy atom. The Labute approximate surface area is 262 Å². The van der Waals surface area contributed by atoms with E-state index in [9.17, 15) is 9.59 Å². The lowest BCUT2D eigenvalue weighted by atomic mass is 9.82. The van der Waals surface area contributed by atoms with Gasteiger partial charge in [0.15, 0.2) is 11.6 Å². The number of nitrogens with zero attached hydrogens (tertiary/aromatic N) is 1. The van der Waals surface area contributed by atoms with Gasteiger partial charge in [0, 0.05) is 43.7 Å². The molecule has 1 unspecified atom stereocenters. The number of hydrogen-bond donors (Lipinski definition) is 0. The molecule has 3 aliphatic carbocycles. The van der Waals surface area contributed by atoms with Crippen LogP contribution in [0.3, 0.4) is 0 Å². The van der Waals surface area contributed by atoms with Gasteiger partial charge in [-0.15, -0.1) is 11.3 Å². The average Bonchev–Trinajstić information content (AvgIpc) is 3.62. The number of para-hydroxylation sites is 1. The lowest BCUT2D eigenvalue weighted by Crippen LogP contribution is -2.32. The van der Waals surface area contributed by atoms with Gasteiger partial charge in [-0.3, -0.25) is 9.59 Å². The van der Waals surface area contributed by atoms with Crippen molar-refractivity contribution in [3.63, 3.8) is 0 Å². The smallest absolute Gasteiger partial charge is 0.197 e. The molecule has 3 aliphatic rings. The number of thiophene rings is 1. The second kappa shape index (κ2) is 10.9. The largest absolute Gasteiger partial charge is 0.338 e. The highest BCUT2D eigenvalue weighted by Crippen LogP contribution is 2.54. The van der Waals surface area contributed by atoms with E-state index in [0.717, 1.165) is 34.6 Å². The van der Waals surface area contributed by atoms with E-state index in [1.165, 1.54) is 32.9 Å². The van der Waals surface area contributed by atoms with Crippen molar-refractivity contribution in [1.82, 2.24) is 0 Å². The quantitative estimate of drug-likeness (QED) is 0.134. The molecule has 0 spiro atoms. The summed E-state index contributed by atoms with van der Waals surface area (Å²) in [6, 6.07) is 27.9. The summed E-state index contributed by atoms with van der Waals surface area (Å²) in [4.78, 5) is 31.4. The topological polar surface area (TPSA) is 37.4 Å². The third-order valence-electron chi connectivity index (χ3n) is 9.38. The van der Waals surface area contributed by atoms with Crippen molar-refractivity contribution in [2.24, 2.45) is 0 Å². The van der Waals surface area contributed by atoms with Crippen molar-refractivity contribution in [3.05, 3.63) is 134 Å². The van der Waals surface area contributed by atoms with Gasteiger partial charge in [-0.1, -0.05) is 81.1 Å². The highest BCUT2D eigenvalue weighted by atomic mass is 32.1. The van der Waals surface area contributed by atoms with Crippen LogP contribution in [-0.4, -0.2) is 17.6 Å². The number of anilines is 2. The summed E-state index contributed by atoms with van der Waals surface area (Å²) in [6.45, 7) is 10.4. The van der Waals surface area contributed by atoms with Crippen LogP contribution in [-0.2, 0) is 15.0 Å². The first kappa shape index (κ1) is 28.2. The number of carbonyl (C=O) groups excluding carboxylic acids is 2. The molecule has 0 radical (unpaired) electrons. The predicted octanol–water partition coefficient (Wildman–Crippen LogP) is 8.04. The number of benzene rings is 3. The summed E-state index contributed by atoms with van der Waals surface area (Å²) < 4.78 is 0. The number of fused-ring (bicyclic) bond motifs is 3. The van der Waals surface area contributed by atoms with E-state index in [0.29, 0.717) is 17.2 Å². The zero-order valence-electron chi connectivity index (χ0n) is 25.4. The van der Waals surface area contributed by atoms with E-state index >= 15 is 0 Å². The van der Waals surface area contributed by atoms with Crippen LogP contribution in [0.25, 0.3) is 29.2 Å². The molecule has 0 N–H and O–H groups in total. The van der Waals surface area contributed by atoms with Crippen molar-refractivity contribution in [2.75, 3.05) is 4.90 Å². The standard InChI is InChI=1S/C40H35NO2S/c1-25-13-11-12-14-27(25)21-33-26(2)37(42)34(38(33)43)23-31-24-36-39(44-31)32-20-19-30(22-35(32)40(36,3)4)41(28-15-7-5-8-16-28)29-17-9-6-10-18-29/h5-9,11-16,19-24,29H,1,10,17-18H2,2-4H3/b27-21-,34-23-. The summed E-state index contributed by atoms with van der Waals surface area (Å²) in [5.74, 6) is -0.411. The lowest BCUT2D eigenvalue weighted by Gasteiger charge is -2.35. The molecule has 1 aromatic heterocycles. The molecule has 0 saturated carbocycles. The van der Waals surface area contributed by atoms with Crippen LogP contribution in [0, 0.1) is 0 Å². The summed E-state index contributed by atoms with van der Waals surface area (Å²) >= 11 is 1.66. The molecule has 0 amide bonds. The number of hydrogen-bond acceptors (Lipinski definition) is 4. The Morgan fingerprint density at radius 3 is 2.39 bits per heavy atom. The van der Waals surface area contributed by atoms with Crippen molar-refractivity contribution < 1.29 is 9.59 Å². The van der Waals surface area contributed by atoms with Gasteiger partial charge in [0.25, 0.3) is 0 Å². The van der Waals surface area contributed by atoms with Crippen LogP contribution in [0.2, 0.25) is 0 Å². The maximum Gasteiger partial charge on any atom is 0.197 e. The van der Waals surface area contributed by atoms with Crippen molar-refractivity contribution in [1.29, 1.82) is 0 Å². The Morgan fingerprint density at radius 1 is 0.864 bits per heavy atom. The molecule has 7 rings (SSSR count). The van der Waals surface area contributed by atoms with Gasteiger partial charge in [0.05, 0.1) is 5.57 Å². The molecule has 0 bridgehead atoms. The number of Topliss-reactive ketones (excluding diaryl/α,β-unsaturated/α-hetero) is 2. The second-order valence-electron chi connectivity index (χ2n) is 12.5. The van der Waals surface area contributed by atoms with E-state index in [1.807, 2.05) is 24.3 Å². The third kappa shape index (κ3) is 4.65. The zero-order valence-corrected chi connectivity index (χ0v) is 26.2. The SMILES string of the molecule is C=c1cccc/c1=C/C1=C(C)C(=O)/C(=C/c2cc3c(s2)-c2ccc(N(c4ccccc4)C4CC=CCC4)cc2C3(C)C)C1=O. The highest BCUT2D eigenvalue weighted by molar-refractivity contribution is 7.16. The number of carbonyl (C=O) groups is 2. The molecular weight excluding hydrogens is 559 g/mol. The molecular formula is C40H35NO2S. The van der Waals surface area contributed by atoms with Crippen LogP contribution in [0.1, 0.15) is 56.0 Å². The average molecular weight is 594 g/mol. The van der Waals surface area contributed by atoms with Gasteiger partial charge < -0.3 is 4.90 Å². The molecule has 4 heteroatoms. The molecule has 0 fully saturated rings. The zero-order chi connectivity index (χ0) is 30.6. The minimum Gasteiger partial charge on any atom is -0.338 e. The molecule has 4 aromatic rings. The Kier molecular flexibility index (Phi) is 6.98. The van der Waals surface area contributed by atoms with Crippen molar-refractivity contribution >= 4 is 53.0 Å². The fourth-order valence-corrected chi connectivity index (χ4v) is 8.18. The molecule has 0 aliphatic heterocycles. The summed E-state index contributed by atoms with van der Waals surface area (Å²) in [6.07, 6.45) is 11.5. The fourth-order valence-electron chi connectivity index (χ4n) is 6.88. The van der Waals surface area contributed by atoms with E-state index in [1.54, 1.807) is 30.4 Å². The fraction of sp³-hybridized carbons (Fsp3) is 0.200. The first-order chi connectivity index (χ1) is 21.2. The molecule has 1 atom stereocenters. The third-order valence-corrected chi connectivity index (χ3v) is 10.5. The Bertz CT molecular complexity index is 2040. The Hall–Kier alpha value is -4.54. The minimum atomic E-state index is -0.216. The van der Waals surface area contributed by atoms with Crippen LogP contribution >= 0.6 is 11.3 Å². The van der Waals surface area contributed by atoms with Crippen molar-refractivity contribution in [3.8, 4) is 10.4 Å². The van der Waals surface area contributed by atoms with E-state index in [4.69, 9.17) is 0 Å². The summed E-state index contributed by atoms with van der Waals surface area (Å²) in [5, 5.41) is 1.68. The van der Waals surface area contributed by atoms with E-state index in [2.05, 4.69) is 92.1 Å². The van der Waals surface area contributed by atoms with Crippen molar-refractivity contribution in [2.45, 2.75) is 51.5 Å². The van der Waals surface area contributed by atoms with E-state index < -0.39 is 0 Å². The molecule has 218 valence electrons. The summed E-state index contributed by atoms with van der Waals surface area (Å²) in [7, 11) is 0. The van der Waals surface area contributed by atoms with Gasteiger partial charge in [-0.25, -0.2) is 0 Å². The van der Waals surface area contributed by atoms with Crippen LogP contribution < -0.4 is 15.3 Å². The molecule has 3 aromatic carbocycles.